The van der Waals surface area contributed by atoms with E-state index in [1.165, 1.54) is 0 Å². The first-order valence-electron chi connectivity index (χ1n) is 4.78. The highest BCUT2D eigenvalue weighted by Crippen LogP contribution is 2.22. The molecule has 1 N–H and O–H groups in total. The van der Waals surface area contributed by atoms with E-state index >= 15 is 0 Å². The van der Waals surface area contributed by atoms with Crippen LogP contribution in [0, 0.1) is 9.39 Å². The lowest BCUT2D eigenvalue weighted by Gasteiger charge is -2.16. The number of halogens is 2. The van der Waals surface area contributed by atoms with Crippen molar-refractivity contribution in [3.63, 3.8) is 0 Å². The first-order valence-corrected chi connectivity index (χ1v) is 5.86. The normalized spacial score (nSPS) is 12.2. The van der Waals surface area contributed by atoms with E-state index in [4.69, 9.17) is 4.74 Å². The van der Waals surface area contributed by atoms with Crippen LogP contribution < -0.4 is 5.32 Å². The van der Waals surface area contributed by atoms with Gasteiger partial charge in [-0.15, -0.1) is 0 Å². The summed E-state index contributed by atoms with van der Waals surface area (Å²) < 4.78 is 19.0. The fraction of sp³-hybridized carbons (Fsp3) is 0.364. The molecule has 0 unspecified atom stereocenters. The number of nitrogens with one attached hydrogen (secondary N) is 1. The highest BCUT2D eigenvalue weighted by Gasteiger charge is 2.12. The Hall–Kier alpha value is -0.690. The molecule has 88 valence electrons. The Morgan fingerprint density at radius 2 is 2.31 bits per heavy atom. The fourth-order valence-corrected chi connectivity index (χ4v) is 1.83. The van der Waals surface area contributed by atoms with Gasteiger partial charge >= 0.3 is 0 Å². The molecule has 0 amide bonds. The first-order chi connectivity index (χ1) is 7.60. The van der Waals surface area contributed by atoms with Crippen molar-refractivity contribution in [1.82, 2.24) is 0 Å². The van der Waals surface area contributed by atoms with Gasteiger partial charge in [-0.25, -0.2) is 4.39 Å². The molecule has 0 saturated heterocycles. The van der Waals surface area contributed by atoms with Gasteiger partial charge in [-0.1, -0.05) is 0 Å². The maximum atomic E-state index is 13.6. The monoisotopic (exact) mass is 337 g/mol. The zero-order valence-corrected chi connectivity index (χ0v) is 11.2. The van der Waals surface area contributed by atoms with Gasteiger partial charge in [-0.05, 0) is 41.6 Å². The van der Waals surface area contributed by atoms with Gasteiger partial charge in [0.25, 0.3) is 0 Å². The molecular weight excluding hydrogens is 324 g/mol. The Balaban J connectivity index is 2.96. The summed E-state index contributed by atoms with van der Waals surface area (Å²) in [7, 11) is 1.59. The third kappa shape index (κ3) is 3.15. The third-order valence-corrected chi connectivity index (χ3v) is 2.90. The summed E-state index contributed by atoms with van der Waals surface area (Å²) >= 11 is 1.85. The van der Waals surface area contributed by atoms with E-state index in [1.54, 1.807) is 19.2 Å². The van der Waals surface area contributed by atoms with E-state index in [2.05, 4.69) is 5.32 Å². The highest BCUT2D eigenvalue weighted by molar-refractivity contribution is 14.1. The van der Waals surface area contributed by atoms with Crippen LogP contribution in [0.2, 0.25) is 0 Å². The second-order valence-electron chi connectivity index (χ2n) is 3.44. The standard InChI is InChI=1S/C11H13FINO2/c1-7(6-16-2)14-10-4-3-9(13)11(12)8(10)5-15/h3-5,7,14H,6H2,1-2H3/t7-/m0/s1. The number of aldehydes is 1. The summed E-state index contributed by atoms with van der Waals surface area (Å²) in [4.78, 5) is 10.8. The molecule has 0 radical (unpaired) electrons. The molecule has 0 bridgehead atoms. The van der Waals surface area contributed by atoms with Gasteiger partial charge < -0.3 is 10.1 Å². The maximum absolute atomic E-state index is 13.6. The number of carbonyl (C=O) groups excluding carboxylic acids is 1. The third-order valence-electron chi connectivity index (χ3n) is 2.07. The van der Waals surface area contributed by atoms with Gasteiger partial charge in [0.15, 0.2) is 6.29 Å². The van der Waals surface area contributed by atoms with E-state index in [0.717, 1.165) is 0 Å². The largest absolute Gasteiger partial charge is 0.383 e. The quantitative estimate of drug-likeness (QED) is 0.663. The SMILES string of the molecule is COC[C@H](C)Nc1ccc(I)c(F)c1C=O. The number of methoxy groups -OCH3 is 1. The van der Waals surface area contributed by atoms with E-state index in [0.29, 0.717) is 22.2 Å². The van der Waals surface area contributed by atoms with Crippen LogP contribution in [0.1, 0.15) is 17.3 Å². The molecule has 0 aromatic heterocycles. The topological polar surface area (TPSA) is 38.3 Å². The smallest absolute Gasteiger partial charge is 0.155 e. The van der Waals surface area contributed by atoms with E-state index in [1.807, 2.05) is 29.5 Å². The zero-order chi connectivity index (χ0) is 12.1. The van der Waals surface area contributed by atoms with Crippen molar-refractivity contribution in [2.45, 2.75) is 13.0 Å². The molecule has 16 heavy (non-hydrogen) atoms. The average molecular weight is 337 g/mol. The molecule has 5 heteroatoms. The predicted octanol–water partition coefficient (Wildman–Crippen LogP) is 2.69. The predicted molar refractivity (Wildman–Crippen MR) is 69.5 cm³/mol. The van der Waals surface area contributed by atoms with Crippen molar-refractivity contribution in [3.8, 4) is 0 Å². The van der Waals surface area contributed by atoms with Crippen molar-refractivity contribution < 1.29 is 13.9 Å². The number of ether oxygens (including phenoxy) is 1. The average Bonchev–Trinajstić information content (AvgIpc) is 2.24. The van der Waals surface area contributed by atoms with Crippen LogP contribution in [-0.2, 0) is 4.74 Å². The molecule has 3 nitrogen and oxygen atoms in total. The van der Waals surface area contributed by atoms with Crippen LogP contribution in [0.4, 0.5) is 10.1 Å². The summed E-state index contributed by atoms with van der Waals surface area (Å²) in [6.45, 7) is 2.39. The Labute approximate surface area is 108 Å². The van der Waals surface area contributed by atoms with E-state index in [-0.39, 0.29) is 11.6 Å². The first kappa shape index (κ1) is 13.4. The summed E-state index contributed by atoms with van der Waals surface area (Å²) in [6, 6.07) is 3.34. The Kier molecular flexibility index (Phi) is 5.14. The van der Waals surface area contributed by atoms with Crippen molar-refractivity contribution in [1.29, 1.82) is 0 Å². The lowest BCUT2D eigenvalue weighted by Crippen LogP contribution is -2.22. The van der Waals surface area contributed by atoms with Crippen molar-refractivity contribution in [2.75, 3.05) is 19.0 Å². The summed E-state index contributed by atoms with van der Waals surface area (Å²) in [5, 5.41) is 3.03. The lowest BCUT2D eigenvalue weighted by atomic mass is 10.1. The Morgan fingerprint density at radius 1 is 1.62 bits per heavy atom. The fourth-order valence-electron chi connectivity index (χ4n) is 1.36. The number of rotatable bonds is 5. The summed E-state index contributed by atoms with van der Waals surface area (Å²) in [5.74, 6) is -0.481. The van der Waals surface area contributed by atoms with Gasteiger partial charge in [0, 0.05) is 22.4 Å². The minimum absolute atomic E-state index is 0.0168. The Bertz CT molecular complexity index is 384. The molecule has 0 spiro atoms. The van der Waals surface area contributed by atoms with Crippen molar-refractivity contribution in [3.05, 3.63) is 27.1 Å². The minimum Gasteiger partial charge on any atom is -0.383 e. The second kappa shape index (κ2) is 6.15. The molecular formula is C11H13FINO2. The molecule has 1 rings (SSSR count). The molecule has 1 aromatic carbocycles. The van der Waals surface area contributed by atoms with E-state index in [9.17, 15) is 9.18 Å². The van der Waals surface area contributed by atoms with Crippen LogP contribution in [0.3, 0.4) is 0 Å². The molecule has 0 heterocycles. The van der Waals surface area contributed by atoms with Crippen LogP contribution in [0.5, 0.6) is 0 Å². The van der Waals surface area contributed by atoms with Gasteiger partial charge in [-0.2, -0.15) is 0 Å². The molecule has 1 atom stereocenters. The van der Waals surface area contributed by atoms with Crippen LogP contribution >= 0.6 is 22.6 Å². The summed E-state index contributed by atoms with van der Waals surface area (Å²) in [6.07, 6.45) is 0.527. The minimum atomic E-state index is -0.481. The number of anilines is 1. The van der Waals surface area contributed by atoms with E-state index < -0.39 is 5.82 Å². The van der Waals surface area contributed by atoms with Gasteiger partial charge in [0.05, 0.1) is 12.2 Å². The number of hydrogen-bond donors (Lipinski definition) is 1. The van der Waals surface area contributed by atoms with Crippen molar-refractivity contribution in [2.24, 2.45) is 0 Å². The van der Waals surface area contributed by atoms with Crippen LogP contribution in [-0.4, -0.2) is 26.0 Å². The zero-order valence-electron chi connectivity index (χ0n) is 9.09. The second-order valence-corrected chi connectivity index (χ2v) is 4.60. The highest BCUT2D eigenvalue weighted by atomic mass is 127. The van der Waals surface area contributed by atoms with Gasteiger partial charge in [0.1, 0.15) is 5.82 Å². The maximum Gasteiger partial charge on any atom is 0.155 e. The number of hydrogen-bond acceptors (Lipinski definition) is 3. The number of benzene rings is 1. The Morgan fingerprint density at radius 3 is 2.88 bits per heavy atom. The molecule has 0 aliphatic carbocycles. The van der Waals surface area contributed by atoms with Crippen LogP contribution in [0.15, 0.2) is 12.1 Å². The number of carbonyl (C=O) groups is 1. The lowest BCUT2D eigenvalue weighted by molar-refractivity contribution is 0.112. The van der Waals surface area contributed by atoms with Crippen molar-refractivity contribution >= 4 is 34.6 Å². The molecule has 1 aromatic rings. The van der Waals surface area contributed by atoms with Gasteiger partial charge in [0.2, 0.25) is 0 Å². The molecule has 0 aliphatic heterocycles. The van der Waals surface area contributed by atoms with Crippen LogP contribution in [0.25, 0.3) is 0 Å². The molecule has 0 aliphatic rings. The molecule has 0 saturated carbocycles. The molecule has 0 fully saturated rings. The van der Waals surface area contributed by atoms with Gasteiger partial charge in [-0.3, -0.25) is 4.79 Å². The summed E-state index contributed by atoms with van der Waals surface area (Å²) in [5.41, 5.74) is 0.562.